The predicted molar refractivity (Wildman–Crippen MR) is 66.7 cm³/mol. The van der Waals surface area contributed by atoms with Crippen LogP contribution in [0.3, 0.4) is 0 Å². The molecule has 0 amide bonds. The normalized spacial score (nSPS) is 11.1. The molecule has 0 saturated carbocycles. The maximum Gasteiger partial charge on any atom is 0.419 e. The molecule has 0 saturated heterocycles. The molecule has 0 aliphatic heterocycles. The molecule has 110 valence electrons. The van der Waals surface area contributed by atoms with Crippen molar-refractivity contribution in [3.63, 3.8) is 0 Å². The third-order valence-corrected chi connectivity index (χ3v) is 2.57. The average Bonchev–Trinajstić information content (AvgIpc) is 2.84. The molecule has 2 rings (SSSR count). The first-order chi connectivity index (χ1) is 9.88. The lowest BCUT2D eigenvalue weighted by molar-refractivity contribution is -0.137. The molecule has 7 heteroatoms. The highest BCUT2D eigenvalue weighted by molar-refractivity contribution is 5.38. The van der Waals surface area contributed by atoms with Gasteiger partial charge in [-0.1, -0.05) is 11.8 Å². The van der Waals surface area contributed by atoms with Crippen molar-refractivity contribution in [3.05, 3.63) is 53.1 Å². The zero-order valence-corrected chi connectivity index (χ0v) is 10.7. The number of aromatic nitrogens is 2. The van der Waals surface area contributed by atoms with Crippen molar-refractivity contribution in [1.82, 2.24) is 9.78 Å². The Kier molecular flexibility index (Phi) is 4.29. The van der Waals surface area contributed by atoms with Gasteiger partial charge in [0.25, 0.3) is 0 Å². The van der Waals surface area contributed by atoms with Gasteiger partial charge in [0.15, 0.2) is 0 Å². The van der Waals surface area contributed by atoms with E-state index in [1.165, 1.54) is 18.2 Å². The molecule has 2 aromatic rings. The van der Waals surface area contributed by atoms with Gasteiger partial charge in [0.1, 0.15) is 12.4 Å². The van der Waals surface area contributed by atoms with Crippen LogP contribution in [0.5, 0.6) is 0 Å². The fraction of sp³-hybridized carbons (Fsp3) is 0.214. The van der Waals surface area contributed by atoms with Crippen LogP contribution in [0.25, 0.3) is 0 Å². The number of alkyl halides is 3. The van der Waals surface area contributed by atoms with Gasteiger partial charge in [-0.05, 0) is 23.8 Å². The first-order valence-corrected chi connectivity index (χ1v) is 5.87. The molecule has 0 fully saturated rings. The summed E-state index contributed by atoms with van der Waals surface area (Å²) >= 11 is 0. The summed E-state index contributed by atoms with van der Waals surface area (Å²) in [5, 5.41) is 12.2. The number of hydrogen-bond donors (Lipinski definition) is 1. The smallest absolute Gasteiger partial charge is 0.384 e. The standard InChI is InChI=1S/C14H10F4N2O/c15-13-5-10(2-1-3-21)4-11(6-13)8-20-9-12(7-19-20)14(16,17)18/h4-7,9,21H,3,8H2. The number of rotatable bonds is 2. The van der Waals surface area contributed by atoms with Crippen molar-refractivity contribution in [3.8, 4) is 11.8 Å². The zero-order valence-electron chi connectivity index (χ0n) is 10.7. The Labute approximate surface area is 117 Å². The van der Waals surface area contributed by atoms with Gasteiger partial charge >= 0.3 is 6.18 Å². The molecule has 0 spiro atoms. The van der Waals surface area contributed by atoms with Crippen LogP contribution in [0.15, 0.2) is 30.6 Å². The minimum Gasteiger partial charge on any atom is -0.384 e. The highest BCUT2D eigenvalue weighted by Crippen LogP contribution is 2.28. The van der Waals surface area contributed by atoms with Gasteiger partial charge in [-0.3, -0.25) is 4.68 Å². The van der Waals surface area contributed by atoms with Crippen LogP contribution in [0, 0.1) is 17.7 Å². The molecule has 0 unspecified atom stereocenters. The zero-order chi connectivity index (χ0) is 15.5. The number of nitrogens with zero attached hydrogens (tertiary/aromatic N) is 2. The molecule has 0 aliphatic rings. The van der Waals surface area contributed by atoms with Crippen LogP contribution in [-0.4, -0.2) is 21.5 Å². The molecule has 1 aromatic carbocycles. The molecular weight excluding hydrogens is 288 g/mol. The lowest BCUT2D eigenvalue weighted by Crippen LogP contribution is -2.04. The summed E-state index contributed by atoms with van der Waals surface area (Å²) in [6, 6.07) is 3.90. The highest BCUT2D eigenvalue weighted by atomic mass is 19.4. The van der Waals surface area contributed by atoms with Crippen molar-refractivity contribution in [2.24, 2.45) is 0 Å². The van der Waals surface area contributed by atoms with E-state index in [9.17, 15) is 17.6 Å². The third-order valence-electron chi connectivity index (χ3n) is 2.57. The average molecular weight is 298 g/mol. The summed E-state index contributed by atoms with van der Waals surface area (Å²) in [7, 11) is 0. The van der Waals surface area contributed by atoms with Crippen LogP contribution in [-0.2, 0) is 12.7 Å². The van der Waals surface area contributed by atoms with Crippen LogP contribution < -0.4 is 0 Å². The fourth-order valence-corrected chi connectivity index (χ4v) is 1.74. The Bertz CT molecular complexity index is 695. The minimum atomic E-state index is -4.46. The molecule has 1 N–H and O–H groups in total. The number of aliphatic hydroxyl groups is 1. The van der Waals surface area contributed by atoms with E-state index in [1.54, 1.807) is 0 Å². The van der Waals surface area contributed by atoms with E-state index in [0.29, 0.717) is 17.3 Å². The van der Waals surface area contributed by atoms with Gasteiger partial charge in [0.05, 0.1) is 18.3 Å². The van der Waals surface area contributed by atoms with Crippen LogP contribution in [0.4, 0.5) is 17.6 Å². The Morgan fingerprint density at radius 3 is 2.62 bits per heavy atom. The Morgan fingerprint density at radius 2 is 2.00 bits per heavy atom. The number of benzene rings is 1. The second-order valence-corrected chi connectivity index (χ2v) is 4.23. The Hall–Kier alpha value is -2.33. The topological polar surface area (TPSA) is 38.0 Å². The first kappa shape index (κ1) is 15.1. The SMILES string of the molecule is OCC#Cc1cc(F)cc(Cn2cc(C(F)(F)F)cn2)c1. The van der Waals surface area contributed by atoms with E-state index in [-0.39, 0.29) is 13.2 Å². The monoisotopic (exact) mass is 298 g/mol. The van der Waals surface area contributed by atoms with E-state index in [4.69, 9.17) is 5.11 Å². The van der Waals surface area contributed by atoms with E-state index < -0.39 is 17.6 Å². The Morgan fingerprint density at radius 1 is 1.24 bits per heavy atom. The van der Waals surface area contributed by atoms with E-state index in [0.717, 1.165) is 10.9 Å². The number of hydrogen-bond acceptors (Lipinski definition) is 2. The van der Waals surface area contributed by atoms with E-state index in [2.05, 4.69) is 16.9 Å². The summed E-state index contributed by atoms with van der Waals surface area (Å²) in [4.78, 5) is 0. The lowest BCUT2D eigenvalue weighted by Gasteiger charge is -2.04. The second-order valence-electron chi connectivity index (χ2n) is 4.23. The fourth-order valence-electron chi connectivity index (χ4n) is 1.74. The number of halogens is 4. The second kappa shape index (κ2) is 5.97. The molecule has 1 heterocycles. The van der Waals surface area contributed by atoms with Gasteiger partial charge in [0, 0.05) is 11.8 Å². The summed E-state index contributed by atoms with van der Waals surface area (Å²) in [5.74, 6) is 4.36. The van der Waals surface area contributed by atoms with Gasteiger partial charge in [-0.15, -0.1) is 0 Å². The first-order valence-electron chi connectivity index (χ1n) is 5.87. The highest BCUT2D eigenvalue weighted by Gasteiger charge is 2.32. The molecule has 21 heavy (non-hydrogen) atoms. The molecule has 0 radical (unpaired) electrons. The maximum absolute atomic E-state index is 13.4. The summed E-state index contributed by atoms with van der Waals surface area (Å²) in [6.07, 6.45) is -2.90. The van der Waals surface area contributed by atoms with Crippen LogP contribution >= 0.6 is 0 Å². The van der Waals surface area contributed by atoms with Crippen molar-refractivity contribution in [2.75, 3.05) is 6.61 Å². The van der Waals surface area contributed by atoms with Gasteiger partial charge in [-0.25, -0.2) is 4.39 Å². The van der Waals surface area contributed by atoms with Crippen molar-refractivity contribution >= 4 is 0 Å². The van der Waals surface area contributed by atoms with Crippen molar-refractivity contribution in [2.45, 2.75) is 12.7 Å². The van der Waals surface area contributed by atoms with Gasteiger partial charge in [-0.2, -0.15) is 18.3 Å². The minimum absolute atomic E-state index is 0.0123. The van der Waals surface area contributed by atoms with Crippen molar-refractivity contribution in [1.29, 1.82) is 0 Å². The van der Waals surface area contributed by atoms with Crippen molar-refractivity contribution < 1.29 is 22.7 Å². The summed E-state index contributed by atoms with van der Waals surface area (Å²) in [5.41, 5.74) is -0.101. The lowest BCUT2D eigenvalue weighted by atomic mass is 10.1. The number of aliphatic hydroxyl groups excluding tert-OH is 1. The molecular formula is C14H10F4N2O. The quantitative estimate of drug-likeness (QED) is 0.683. The van der Waals surface area contributed by atoms with Crippen LogP contribution in [0.1, 0.15) is 16.7 Å². The van der Waals surface area contributed by atoms with Gasteiger partial charge < -0.3 is 5.11 Å². The predicted octanol–water partition coefficient (Wildman–Crippen LogP) is 2.43. The largest absolute Gasteiger partial charge is 0.419 e. The summed E-state index contributed by atoms with van der Waals surface area (Å²) < 4.78 is 51.8. The van der Waals surface area contributed by atoms with E-state index >= 15 is 0 Å². The maximum atomic E-state index is 13.4. The van der Waals surface area contributed by atoms with E-state index in [1.807, 2.05) is 0 Å². The molecule has 3 nitrogen and oxygen atoms in total. The molecule has 0 aliphatic carbocycles. The molecule has 1 aromatic heterocycles. The molecule has 0 atom stereocenters. The Balaban J connectivity index is 2.23. The van der Waals surface area contributed by atoms with Crippen LogP contribution in [0.2, 0.25) is 0 Å². The third kappa shape index (κ3) is 4.07. The van der Waals surface area contributed by atoms with Gasteiger partial charge in [0.2, 0.25) is 0 Å². The molecule has 0 bridgehead atoms. The summed E-state index contributed by atoms with van der Waals surface area (Å²) in [6.45, 7) is -0.373.